The summed E-state index contributed by atoms with van der Waals surface area (Å²) in [7, 11) is 0. The van der Waals surface area contributed by atoms with Crippen molar-refractivity contribution in [1.29, 1.82) is 0 Å². The largest absolute Gasteiger partial charge is 0.346 e. The highest BCUT2D eigenvalue weighted by Gasteiger charge is 2.12. The molecule has 4 aromatic rings. The van der Waals surface area contributed by atoms with Gasteiger partial charge in [0.15, 0.2) is 0 Å². The van der Waals surface area contributed by atoms with Gasteiger partial charge in [0.1, 0.15) is 0 Å². The summed E-state index contributed by atoms with van der Waals surface area (Å²) in [5, 5.41) is 8.59. The van der Waals surface area contributed by atoms with Gasteiger partial charge in [-0.3, -0.25) is 4.79 Å². The van der Waals surface area contributed by atoms with E-state index in [0.29, 0.717) is 17.8 Å². The van der Waals surface area contributed by atoms with Crippen LogP contribution in [-0.4, -0.2) is 21.5 Å². The van der Waals surface area contributed by atoms with Crippen LogP contribution in [0.2, 0.25) is 0 Å². The standard InChI is InChI=1S/C26H25N5O2/c1-19(28-25(32)22-9-7-20(8-10-22)17-31-16-15-27-18-31)21-11-13-24(14-12-21)30-26(33)29-23-5-3-2-4-6-23/h2-16,18-19H,17H2,1H3,(H,28,32)(H2,29,30,33). The van der Waals surface area contributed by atoms with Gasteiger partial charge in [0.2, 0.25) is 0 Å². The van der Waals surface area contributed by atoms with Gasteiger partial charge in [0.05, 0.1) is 12.4 Å². The van der Waals surface area contributed by atoms with Crippen LogP contribution in [0.3, 0.4) is 0 Å². The van der Waals surface area contributed by atoms with E-state index in [1.165, 1.54) is 0 Å². The van der Waals surface area contributed by atoms with Crippen molar-refractivity contribution in [1.82, 2.24) is 14.9 Å². The molecule has 0 aliphatic carbocycles. The predicted octanol–water partition coefficient (Wildman–Crippen LogP) is 5.07. The van der Waals surface area contributed by atoms with E-state index in [1.807, 2.05) is 96.6 Å². The summed E-state index contributed by atoms with van der Waals surface area (Å²) in [5.74, 6) is -0.138. The molecule has 0 saturated heterocycles. The summed E-state index contributed by atoms with van der Waals surface area (Å²) in [6.45, 7) is 2.64. The summed E-state index contributed by atoms with van der Waals surface area (Å²) in [4.78, 5) is 28.8. The highest BCUT2D eigenvalue weighted by atomic mass is 16.2. The Kier molecular flexibility index (Phi) is 6.80. The van der Waals surface area contributed by atoms with Gasteiger partial charge in [0.25, 0.3) is 5.91 Å². The molecule has 1 atom stereocenters. The first-order chi connectivity index (χ1) is 16.1. The first-order valence-corrected chi connectivity index (χ1v) is 10.7. The van der Waals surface area contributed by atoms with Crippen LogP contribution in [0.25, 0.3) is 0 Å². The van der Waals surface area contributed by atoms with Crippen LogP contribution >= 0.6 is 0 Å². The van der Waals surface area contributed by atoms with E-state index in [9.17, 15) is 9.59 Å². The number of hydrogen-bond acceptors (Lipinski definition) is 3. The summed E-state index contributed by atoms with van der Waals surface area (Å²) >= 11 is 0. The molecule has 0 radical (unpaired) electrons. The number of para-hydroxylation sites is 1. The molecular weight excluding hydrogens is 414 g/mol. The SMILES string of the molecule is CC(NC(=O)c1ccc(Cn2ccnc2)cc1)c1ccc(NC(=O)Nc2ccccc2)cc1. The van der Waals surface area contributed by atoms with Crippen LogP contribution in [-0.2, 0) is 6.54 Å². The van der Waals surface area contributed by atoms with E-state index in [4.69, 9.17) is 0 Å². The van der Waals surface area contributed by atoms with E-state index in [1.54, 1.807) is 12.5 Å². The Hall–Kier alpha value is -4.39. The number of rotatable bonds is 7. The minimum absolute atomic E-state index is 0.138. The van der Waals surface area contributed by atoms with E-state index >= 15 is 0 Å². The molecule has 33 heavy (non-hydrogen) atoms. The lowest BCUT2D eigenvalue weighted by Crippen LogP contribution is -2.26. The molecule has 7 heteroatoms. The summed E-state index contributed by atoms with van der Waals surface area (Å²) in [6, 6.07) is 23.7. The number of urea groups is 1. The van der Waals surface area contributed by atoms with Crippen molar-refractivity contribution in [2.45, 2.75) is 19.5 Å². The van der Waals surface area contributed by atoms with Gasteiger partial charge in [-0.05, 0) is 54.4 Å². The van der Waals surface area contributed by atoms with Gasteiger partial charge in [-0.25, -0.2) is 9.78 Å². The van der Waals surface area contributed by atoms with Crippen molar-refractivity contribution < 1.29 is 9.59 Å². The van der Waals surface area contributed by atoms with Crippen LogP contribution in [0.15, 0.2) is 97.6 Å². The molecule has 0 aliphatic rings. The average Bonchev–Trinajstić information content (AvgIpc) is 3.33. The number of nitrogens with zero attached hydrogens (tertiary/aromatic N) is 2. The third kappa shape index (κ3) is 6.07. The Labute approximate surface area is 192 Å². The summed E-state index contributed by atoms with van der Waals surface area (Å²) < 4.78 is 1.97. The maximum atomic E-state index is 12.7. The number of carbonyl (C=O) groups excluding carboxylic acids is 2. The number of carbonyl (C=O) groups is 2. The summed E-state index contributed by atoms with van der Waals surface area (Å²) in [5.41, 5.74) is 4.02. The van der Waals surface area contributed by atoms with E-state index in [2.05, 4.69) is 20.9 Å². The highest BCUT2D eigenvalue weighted by molar-refractivity contribution is 5.99. The van der Waals surface area contributed by atoms with Gasteiger partial charge in [-0.2, -0.15) is 0 Å². The monoisotopic (exact) mass is 439 g/mol. The van der Waals surface area contributed by atoms with Gasteiger partial charge in [-0.15, -0.1) is 0 Å². The molecule has 3 amide bonds. The third-order valence-corrected chi connectivity index (χ3v) is 5.19. The maximum absolute atomic E-state index is 12.7. The zero-order valence-corrected chi connectivity index (χ0v) is 18.2. The minimum Gasteiger partial charge on any atom is -0.346 e. The molecule has 0 aliphatic heterocycles. The normalized spacial score (nSPS) is 11.4. The van der Waals surface area contributed by atoms with Crippen molar-refractivity contribution in [2.24, 2.45) is 0 Å². The molecule has 0 bridgehead atoms. The second-order valence-corrected chi connectivity index (χ2v) is 7.69. The van der Waals surface area contributed by atoms with Crippen LogP contribution in [0.5, 0.6) is 0 Å². The lowest BCUT2D eigenvalue weighted by Gasteiger charge is -2.15. The Morgan fingerprint density at radius 3 is 2.18 bits per heavy atom. The van der Waals surface area contributed by atoms with Crippen LogP contribution in [0.4, 0.5) is 16.2 Å². The van der Waals surface area contributed by atoms with Gasteiger partial charge in [-0.1, -0.05) is 42.5 Å². The topological polar surface area (TPSA) is 88.1 Å². The van der Waals surface area contributed by atoms with Crippen LogP contribution in [0.1, 0.15) is 34.5 Å². The van der Waals surface area contributed by atoms with E-state index < -0.39 is 0 Å². The second kappa shape index (κ2) is 10.3. The number of benzene rings is 3. The third-order valence-electron chi connectivity index (χ3n) is 5.19. The molecule has 0 fully saturated rings. The average molecular weight is 440 g/mol. The molecule has 7 nitrogen and oxygen atoms in total. The Morgan fingerprint density at radius 1 is 0.879 bits per heavy atom. The molecule has 0 saturated carbocycles. The summed E-state index contributed by atoms with van der Waals surface area (Å²) in [6.07, 6.45) is 5.41. The number of amides is 3. The van der Waals surface area contributed by atoms with Gasteiger partial charge >= 0.3 is 6.03 Å². The van der Waals surface area contributed by atoms with E-state index in [-0.39, 0.29) is 18.0 Å². The number of imidazole rings is 1. The molecule has 0 spiro atoms. The Balaban J connectivity index is 1.30. The number of hydrogen-bond donors (Lipinski definition) is 3. The quantitative estimate of drug-likeness (QED) is 0.376. The fourth-order valence-corrected chi connectivity index (χ4v) is 3.39. The second-order valence-electron chi connectivity index (χ2n) is 7.69. The van der Waals surface area contributed by atoms with Crippen molar-refractivity contribution in [3.05, 3.63) is 114 Å². The fourth-order valence-electron chi connectivity index (χ4n) is 3.39. The molecule has 166 valence electrons. The molecular formula is C26H25N5O2. The van der Waals surface area contributed by atoms with Gasteiger partial charge in [0, 0.05) is 35.9 Å². The number of anilines is 2. The molecule has 1 aromatic heterocycles. The zero-order valence-electron chi connectivity index (χ0n) is 18.2. The van der Waals surface area contributed by atoms with E-state index in [0.717, 1.165) is 16.8 Å². The van der Waals surface area contributed by atoms with Crippen molar-refractivity contribution in [3.63, 3.8) is 0 Å². The minimum atomic E-state index is -0.313. The molecule has 1 heterocycles. The smallest absolute Gasteiger partial charge is 0.323 e. The molecule has 1 unspecified atom stereocenters. The maximum Gasteiger partial charge on any atom is 0.323 e. The lowest BCUT2D eigenvalue weighted by molar-refractivity contribution is 0.0940. The first kappa shape index (κ1) is 21.8. The zero-order chi connectivity index (χ0) is 23.0. The Bertz CT molecular complexity index is 1190. The fraction of sp³-hybridized carbons (Fsp3) is 0.115. The van der Waals surface area contributed by atoms with Crippen molar-refractivity contribution in [3.8, 4) is 0 Å². The highest BCUT2D eigenvalue weighted by Crippen LogP contribution is 2.17. The van der Waals surface area contributed by atoms with Crippen molar-refractivity contribution in [2.75, 3.05) is 10.6 Å². The first-order valence-electron chi connectivity index (χ1n) is 10.7. The Morgan fingerprint density at radius 2 is 1.55 bits per heavy atom. The molecule has 3 N–H and O–H groups in total. The van der Waals surface area contributed by atoms with Crippen LogP contribution in [0, 0.1) is 0 Å². The predicted molar refractivity (Wildman–Crippen MR) is 129 cm³/mol. The number of nitrogens with one attached hydrogen (secondary N) is 3. The molecule has 3 aromatic carbocycles. The number of aromatic nitrogens is 2. The van der Waals surface area contributed by atoms with Gasteiger partial charge < -0.3 is 20.5 Å². The van der Waals surface area contributed by atoms with Crippen LogP contribution < -0.4 is 16.0 Å². The van der Waals surface area contributed by atoms with Crippen molar-refractivity contribution >= 4 is 23.3 Å². The molecule has 4 rings (SSSR count). The lowest BCUT2D eigenvalue weighted by atomic mass is 10.1.